The molecule has 0 atom stereocenters. The first-order valence-electron chi connectivity index (χ1n) is 6.53. The van der Waals surface area contributed by atoms with Gasteiger partial charge in [0.05, 0.1) is 14.2 Å². The summed E-state index contributed by atoms with van der Waals surface area (Å²) in [6.45, 7) is 0. The van der Waals surface area contributed by atoms with Crippen LogP contribution in [0.25, 0.3) is 21.9 Å². The topological polar surface area (TPSA) is 18.5 Å². The molecule has 3 aromatic carbocycles. The van der Waals surface area contributed by atoms with Gasteiger partial charge in [-0.1, -0.05) is 36.4 Å². The first-order valence-corrected chi connectivity index (χ1v) is 6.53. The van der Waals surface area contributed by atoms with Gasteiger partial charge in [-0.2, -0.15) is 0 Å². The zero-order valence-corrected chi connectivity index (χ0v) is 11.6. The number of hydrogen-bond acceptors (Lipinski definition) is 2. The number of fused-ring (bicyclic) bond motifs is 1. The van der Waals surface area contributed by atoms with Crippen molar-refractivity contribution in [3.8, 4) is 22.6 Å². The Morgan fingerprint density at radius 1 is 0.600 bits per heavy atom. The highest BCUT2D eigenvalue weighted by atomic mass is 16.5. The molecule has 0 aliphatic carbocycles. The quantitative estimate of drug-likeness (QED) is 0.692. The lowest BCUT2D eigenvalue weighted by molar-refractivity contribution is 0.410. The largest absolute Gasteiger partial charge is 0.496 e. The third-order valence-corrected chi connectivity index (χ3v) is 3.48. The summed E-state index contributed by atoms with van der Waals surface area (Å²) in [6, 6.07) is 20.5. The van der Waals surface area contributed by atoms with Gasteiger partial charge in [-0.25, -0.2) is 0 Å². The summed E-state index contributed by atoms with van der Waals surface area (Å²) in [7, 11) is 3.38. The van der Waals surface area contributed by atoms with E-state index in [2.05, 4.69) is 30.3 Å². The molecular formula is C18H16O2. The fraction of sp³-hybridized carbons (Fsp3) is 0.111. The summed E-state index contributed by atoms with van der Waals surface area (Å²) in [6.07, 6.45) is 0. The molecule has 0 saturated heterocycles. The molecule has 0 aliphatic rings. The van der Waals surface area contributed by atoms with E-state index in [1.54, 1.807) is 14.2 Å². The Hall–Kier alpha value is -2.48. The SMILES string of the molecule is COc1ccc(OC)c2cc(-c3ccccc3)ccc12. The van der Waals surface area contributed by atoms with Crippen molar-refractivity contribution in [1.82, 2.24) is 0 Å². The Bertz CT molecular complexity index is 733. The van der Waals surface area contributed by atoms with Crippen molar-refractivity contribution in [3.63, 3.8) is 0 Å². The van der Waals surface area contributed by atoms with Crippen LogP contribution in [0.4, 0.5) is 0 Å². The summed E-state index contributed by atoms with van der Waals surface area (Å²) in [5.74, 6) is 1.72. The molecule has 0 heterocycles. The molecule has 2 nitrogen and oxygen atoms in total. The minimum Gasteiger partial charge on any atom is -0.496 e. The van der Waals surface area contributed by atoms with Gasteiger partial charge in [-0.3, -0.25) is 0 Å². The molecule has 0 bridgehead atoms. The van der Waals surface area contributed by atoms with Crippen molar-refractivity contribution >= 4 is 10.8 Å². The molecule has 0 aromatic heterocycles. The Morgan fingerprint density at radius 2 is 1.25 bits per heavy atom. The van der Waals surface area contributed by atoms with Gasteiger partial charge < -0.3 is 9.47 Å². The lowest BCUT2D eigenvalue weighted by atomic mass is 10.0. The number of methoxy groups -OCH3 is 2. The van der Waals surface area contributed by atoms with E-state index < -0.39 is 0 Å². The average Bonchev–Trinajstić information content (AvgIpc) is 2.54. The minimum absolute atomic E-state index is 0.860. The number of hydrogen-bond donors (Lipinski definition) is 0. The fourth-order valence-electron chi connectivity index (χ4n) is 2.46. The predicted octanol–water partition coefficient (Wildman–Crippen LogP) is 4.52. The van der Waals surface area contributed by atoms with E-state index in [-0.39, 0.29) is 0 Å². The molecule has 100 valence electrons. The molecule has 0 spiro atoms. The number of benzene rings is 3. The summed E-state index contributed by atoms with van der Waals surface area (Å²) in [5, 5.41) is 2.12. The van der Waals surface area contributed by atoms with Gasteiger partial charge in [0.15, 0.2) is 0 Å². The molecule has 0 N–H and O–H groups in total. The van der Waals surface area contributed by atoms with Crippen LogP contribution in [0.1, 0.15) is 0 Å². The van der Waals surface area contributed by atoms with Crippen molar-refractivity contribution in [2.45, 2.75) is 0 Å². The Labute approximate surface area is 118 Å². The van der Waals surface area contributed by atoms with E-state index in [0.29, 0.717) is 0 Å². The lowest BCUT2D eigenvalue weighted by Crippen LogP contribution is -1.90. The molecule has 3 rings (SSSR count). The van der Waals surface area contributed by atoms with Gasteiger partial charge in [0.2, 0.25) is 0 Å². The van der Waals surface area contributed by atoms with Gasteiger partial charge in [0.25, 0.3) is 0 Å². The maximum absolute atomic E-state index is 5.46. The Kier molecular flexibility index (Phi) is 3.30. The van der Waals surface area contributed by atoms with E-state index in [0.717, 1.165) is 22.3 Å². The summed E-state index contributed by atoms with van der Waals surface area (Å²) >= 11 is 0. The fourth-order valence-corrected chi connectivity index (χ4v) is 2.46. The minimum atomic E-state index is 0.860. The highest BCUT2D eigenvalue weighted by Gasteiger charge is 2.08. The van der Waals surface area contributed by atoms with Crippen molar-refractivity contribution in [1.29, 1.82) is 0 Å². The maximum Gasteiger partial charge on any atom is 0.126 e. The van der Waals surface area contributed by atoms with Crippen LogP contribution >= 0.6 is 0 Å². The van der Waals surface area contributed by atoms with Crippen molar-refractivity contribution in [3.05, 3.63) is 60.7 Å². The second-order valence-electron chi connectivity index (χ2n) is 4.60. The van der Waals surface area contributed by atoms with Crippen LogP contribution in [-0.2, 0) is 0 Å². The molecule has 2 heteroatoms. The van der Waals surface area contributed by atoms with Gasteiger partial charge in [0.1, 0.15) is 11.5 Å². The summed E-state index contributed by atoms with van der Waals surface area (Å²) < 4.78 is 10.9. The zero-order chi connectivity index (χ0) is 13.9. The highest BCUT2D eigenvalue weighted by molar-refractivity contribution is 5.96. The van der Waals surface area contributed by atoms with Crippen LogP contribution in [0.5, 0.6) is 11.5 Å². The number of ether oxygens (including phenoxy) is 2. The van der Waals surface area contributed by atoms with Crippen LogP contribution < -0.4 is 9.47 Å². The van der Waals surface area contributed by atoms with Crippen molar-refractivity contribution in [2.75, 3.05) is 14.2 Å². The van der Waals surface area contributed by atoms with Gasteiger partial charge in [-0.05, 0) is 35.4 Å². The molecule has 0 amide bonds. The van der Waals surface area contributed by atoms with Crippen LogP contribution in [0, 0.1) is 0 Å². The molecule has 0 aliphatic heterocycles. The van der Waals surface area contributed by atoms with Crippen LogP contribution in [-0.4, -0.2) is 14.2 Å². The monoisotopic (exact) mass is 264 g/mol. The lowest BCUT2D eigenvalue weighted by Gasteiger charge is -2.11. The van der Waals surface area contributed by atoms with Crippen molar-refractivity contribution < 1.29 is 9.47 Å². The van der Waals surface area contributed by atoms with Gasteiger partial charge in [0, 0.05) is 10.8 Å². The molecule has 0 fully saturated rings. The second kappa shape index (κ2) is 5.25. The van der Waals surface area contributed by atoms with E-state index in [1.807, 2.05) is 30.3 Å². The first-order chi connectivity index (χ1) is 9.83. The molecule has 20 heavy (non-hydrogen) atoms. The second-order valence-corrected chi connectivity index (χ2v) is 4.60. The number of rotatable bonds is 3. The third-order valence-electron chi connectivity index (χ3n) is 3.48. The molecule has 3 aromatic rings. The van der Waals surface area contributed by atoms with Crippen LogP contribution in [0.3, 0.4) is 0 Å². The molecule has 0 unspecified atom stereocenters. The molecular weight excluding hydrogens is 248 g/mol. The normalized spacial score (nSPS) is 10.5. The average molecular weight is 264 g/mol. The van der Waals surface area contributed by atoms with E-state index in [4.69, 9.17) is 9.47 Å². The van der Waals surface area contributed by atoms with Crippen molar-refractivity contribution in [2.24, 2.45) is 0 Å². The molecule has 0 saturated carbocycles. The van der Waals surface area contributed by atoms with E-state index in [1.165, 1.54) is 11.1 Å². The summed E-state index contributed by atoms with van der Waals surface area (Å²) in [5.41, 5.74) is 2.36. The standard InChI is InChI=1S/C18H16O2/c1-19-17-10-11-18(20-2)16-12-14(8-9-15(16)17)13-6-4-3-5-7-13/h3-12H,1-2H3. The smallest absolute Gasteiger partial charge is 0.126 e. The summed E-state index contributed by atoms with van der Waals surface area (Å²) in [4.78, 5) is 0. The van der Waals surface area contributed by atoms with E-state index in [9.17, 15) is 0 Å². The third kappa shape index (κ3) is 2.10. The predicted molar refractivity (Wildman–Crippen MR) is 82.5 cm³/mol. The van der Waals surface area contributed by atoms with Crippen LogP contribution in [0.15, 0.2) is 60.7 Å². The maximum atomic E-state index is 5.46. The zero-order valence-electron chi connectivity index (χ0n) is 11.6. The van der Waals surface area contributed by atoms with Gasteiger partial charge >= 0.3 is 0 Å². The Morgan fingerprint density at radius 3 is 1.90 bits per heavy atom. The Balaban J connectivity index is 2.24. The van der Waals surface area contributed by atoms with Gasteiger partial charge in [-0.15, -0.1) is 0 Å². The first kappa shape index (κ1) is 12.5. The highest BCUT2D eigenvalue weighted by Crippen LogP contribution is 2.35. The van der Waals surface area contributed by atoms with Crippen LogP contribution in [0.2, 0.25) is 0 Å². The van der Waals surface area contributed by atoms with E-state index >= 15 is 0 Å². The molecule has 0 radical (unpaired) electrons.